The van der Waals surface area contributed by atoms with Crippen molar-refractivity contribution in [3.05, 3.63) is 28.2 Å². The number of hydrogen-bond donors (Lipinski definition) is 1. The Morgan fingerprint density at radius 1 is 1.46 bits per heavy atom. The van der Waals surface area contributed by atoms with Gasteiger partial charge >= 0.3 is 0 Å². The molecular weight excluding hydrogens is 300 g/mol. The van der Waals surface area contributed by atoms with Gasteiger partial charge in [-0.05, 0) is 28.1 Å². The zero-order chi connectivity index (χ0) is 9.84. The van der Waals surface area contributed by atoms with Crippen LogP contribution in [0.3, 0.4) is 0 Å². The molecule has 0 saturated heterocycles. The first-order chi connectivity index (χ1) is 6.15. The highest BCUT2D eigenvalue weighted by atomic mass is 79.9. The van der Waals surface area contributed by atoms with Gasteiger partial charge in [0, 0.05) is 17.3 Å². The molecule has 0 aromatic heterocycles. The summed E-state index contributed by atoms with van der Waals surface area (Å²) in [5.74, 6) is 0.125. The van der Waals surface area contributed by atoms with Crippen LogP contribution in [-0.4, -0.2) is 16.2 Å². The average molecular weight is 308 g/mol. The summed E-state index contributed by atoms with van der Waals surface area (Å²) in [4.78, 5) is 11.4. The lowest BCUT2D eigenvalue weighted by Crippen LogP contribution is -1.98. The monoisotopic (exact) mass is 306 g/mol. The number of hydrogen-bond acceptors (Lipinski definition) is 2. The topological polar surface area (TPSA) is 37.3 Å². The second-order valence-corrected chi connectivity index (χ2v) is 4.18. The molecular formula is C9H8Br2O2. The van der Waals surface area contributed by atoms with Gasteiger partial charge in [0.2, 0.25) is 0 Å². The molecule has 1 N–H and O–H groups in total. The van der Waals surface area contributed by atoms with Crippen LogP contribution >= 0.6 is 31.9 Å². The molecule has 1 aromatic rings. The fraction of sp³-hybridized carbons (Fsp3) is 0.222. The molecule has 1 rings (SSSR count). The van der Waals surface area contributed by atoms with E-state index in [2.05, 4.69) is 31.9 Å². The van der Waals surface area contributed by atoms with Crippen LogP contribution in [0, 0.1) is 0 Å². The lowest BCUT2D eigenvalue weighted by Gasteiger charge is -2.00. The van der Waals surface area contributed by atoms with Gasteiger partial charge in [-0.15, -0.1) is 0 Å². The number of alkyl halides is 1. The van der Waals surface area contributed by atoms with Gasteiger partial charge in [0.25, 0.3) is 0 Å². The molecule has 0 amide bonds. The average Bonchev–Trinajstić information content (AvgIpc) is 2.10. The minimum atomic E-state index is 0.0275. The van der Waals surface area contributed by atoms with Crippen LogP contribution in [0.2, 0.25) is 0 Å². The summed E-state index contributed by atoms with van der Waals surface area (Å²) in [6.07, 6.45) is 0.446. The number of Topliss-reactive ketones (excluding diaryl/α,β-unsaturated/α-hetero) is 1. The number of carbonyl (C=O) groups excluding carboxylic acids is 1. The Bertz CT molecular complexity index is 323. The first-order valence-electron chi connectivity index (χ1n) is 3.73. The predicted molar refractivity (Wildman–Crippen MR) is 58.5 cm³/mol. The Balaban J connectivity index is 2.90. The highest BCUT2D eigenvalue weighted by Gasteiger charge is 2.06. The Morgan fingerprint density at radius 3 is 2.69 bits per heavy atom. The van der Waals surface area contributed by atoms with Gasteiger partial charge in [0.05, 0.1) is 4.47 Å². The van der Waals surface area contributed by atoms with Crippen molar-refractivity contribution in [2.24, 2.45) is 0 Å². The zero-order valence-electron chi connectivity index (χ0n) is 6.76. The van der Waals surface area contributed by atoms with E-state index in [4.69, 9.17) is 0 Å². The maximum atomic E-state index is 11.4. The molecule has 2 nitrogen and oxygen atoms in total. The van der Waals surface area contributed by atoms with Crippen molar-refractivity contribution < 1.29 is 9.90 Å². The fourth-order valence-electron chi connectivity index (χ4n) is 0.916. The first-order valence-corrected chi connectivity index (χ1v) is 5.64. The molecule has 0 unspecified atom stereocenters. The quantitative estimate of drug-likeness (QED) is 0.688. The highest BCUT2D eigenvalue weighted by Crippen LogP contribution is 2.24. The molecule has 1 aromatic carbocycles. The molecule has 0 radical (unpaired) electrons. The van der Waals surface area contributed by atoms with Crippen molar-refractivity contribution in [3.8, 4) is 5.75 Å². The molecule has 4 heteroatoms. The van der Waals surface area contributed by atoms with E-state index in [0.717, 1.165) is 0 Å². The van der Waals surface area contributed by atoms with Crippen LogP contribution in [0.5, 0.6) is 5.75 Å². The predicted octanol–water partition coefficient (Wildman–Crippen LogP) is 3.12. The van der Waals surface area contributed by atoms with Gasteiger partial charge in [-0.2, -0.15) is 0 Å². The number of halogens is 2. The van der Waals surface area contributed by atoms with Crippen molar-refractivity contribution in [1.29, 1.82) is 0 Å². The first kappa shape index (κ1) is 10.7. The number of rotatable bonds is 3. The van der Waals surface area contributed by atoms with E-state index in [1.54, 1.807) is 12.1 Å². The summed E-state index contributed by atoms with van der Waals surface area (Å²) < 4.78 is 0.600. The van der Waals surface area contributed by atoms with Crippen molar-refractivity contribution in [2.75, 3.05) is 5.33 Å². The Morgan fingerprint density at radius 2 is 2.15 bits per heavy atom. The van der Waals surface area contributed by atoms with Crippen molar-refractivity contribution in [1.82, 2.24) is 0 Å². The number of carbonyl (C=O) groups is 1. The Hall–Kier alpha value is -0.350. The van der Waals surface area contributed by atoms with E-state index in [1.165, 1.54) is 6.07 Å². The summed E-state index contributed by atoms with van der Waals surface area (Å²) in [5.41, 5.74) is 0.542. The third-order valence-electron chi connectivity index (χ3n) is 1.59. The molecule has 70 valence electrons. The second kappa shape index (κ2) is 4.77. The molecule has 0 aliphatic heterocycles. The van der Waals surface area contributed by atoms with E-state index in [0.29, 0.717) is 21.8 Å². The largest absolute Gasteiger partial charge is 0.507 e. The van der Waals surface area contributed by atoms with Gasteiger partial charge in [-0.3, -0.25) is 4.79 Å². The van der Waals surface area contributed by atoms with Crippen LogP contribution in [0.1, 0.15) is 16.8 Å². The molecule has 0 heterocycles. The maximum absolute atomic E-state index is 11.4. The van der Waals surface area contributed by atoms with Gasteiger partial charge < -0.3 is 5.11 Å². The molecule has 0 fully saturated rings. The second-order valence-electron chi connectivity index (χ2n) is 2.53. The van der Waals surface area contributed by atoms with Crippen LogP contribution < -0.4 is 0 Å². The van der Waals surface area contributed by atoms with Crippen LogP contribution in [0.15, 0.2) is 22.7 Å². The van der Waals surface area contributed by atoms with Gasteiger partial charge in [0.1, 0.15) is 5.75 Å². The lowest BCUT2D eigenvalue weighted by molar-refractivity contribution is 0.0989. The standard InChI is InChI=1S/C9H8Br2O2/c10-4-3-8(12)6-1-2-7(11)9(13)5-6/h1-2,5,13H,3-4H2. The van der Waals surface area contributed by atoms with Crippen molar-refractivity contribution >= 4 is 37.6 Å². The van der Waals surface area contributed by atoms with E-state index in [9.17, 15) is 9.90 Å². The molecule has 0 spiro atoms. The summed E-state index contributed by atoms with van der Waals surface area (Å²) in [7, 11) is 0. The maximum Gasteiger partial charge on any atom is 0.163 e. The van der Waals surface area contributed by atoms with Gasteiger partial charge in [0.15, 0.2) is 5.78 Å². The molecule has 0 aliphatic rings. The molecule has 0 bridgehead atoms. The minimum Gasteiger partial charge on any atom is -0.507 e. The normalized spacial score (nSPS) is 10.0. The third-order valence-corrected chi connectivity index (χ3v) is 2.66. The fourth-order valence-corrected chi connectivity index (χ4v) is 1.52. The van der Waals surface area contributed by atoms with E-state index in [1.807, 2.05) is 0 Å². The Kier molecular flexibility index (Phi) is 3.93. The molecule has 0 saturated carbocycles. The number of benzene rings is 1. The van der Waals surface area contributed by atoms with E-state index >= 15 is 0 Å². The lowest BCUT2D eigenvalue weighted by atomic mass is 10.1. The number of aromatic hydroxyl groups is 1. The summed E-state index contributed by atoms with van der Waals surface area (Å²) >= 11 is 6.33. The smallest absolute Gasteiger partial charge is 0.163 e. The van der Waals surface area contributed by atoms with Crippen molar-refractivity contribution in [3.63, 3.8) is 0 Å². The van der Waals surface area contributed by atoms with Gasteiger partial charge in [-0.1, -0.05) is 22.0 Å². The van der Waals surface area contributed by atoms with Crippen molar-refractivity contribution in [2.45, 2.75) is 6.42 Å². The van der Waals surface area contributed by atoms with Crippen LogP contribution in [0.25, 0.3) is 0 Å². The summed E-state index contributed by atoms with van der Waals surface area (Å²) in [6, 6.07) is 4.82. The molecule has 0 aliphatic carbocycles. The molecule has 0 atom stereocenters. The van der Waals surface area contributed by atoms with E-state index in [-0.39, 0.29) is 11.5 Å². The van der Waals surface area contributed by atoms with Crippen LogP contribution in [-0.2, 0) is 0 Å². The van der Waals surface area contributed by atoms with E-state index < -0.39 is 0 Å². The van der Waals surface area contributed by atoms with Gasteiger partial charge in [-0.25, -0.2) is 0 Å². The molecule has 13 heavy (non-hydrogen) atoms. The summed E-state index contributed by atoms with van der Waals surface area (Å²) in [5, 5.41) is 9.95. The summed E-state index contributed by atoms with van der Waals surface area (Å²) in [6.45, 7) is 0. The minimum absolute atomic E-state index is 0.0275. The Labute approximate surface area is 93.2 Å². The third kappa shape index (κ3) is 2.81. The van der Waals surface area contributed by atoms with Crippen LogP contribution in [0.4, 0.5) is 0 Å². The SMILES string of the molecule is O=C(CCBr)c1ccc(Br)c(O)c1. The highest BCUT2D eigenvalue weighted by molar-refractivity contribution is 9.10. The zero-order valence-corrected chi connectivity index (χ0v) is 9.93. The number of phenols is 1. The number of phenolic OH excluding ortho intramolecular Hbond substituents is 1. The number of ketones is 1.